The van der Waals surface area contributed by atoms with Crippen LogP contribution in [-0.4, -0.2) is 50.9 Å². The number of thioether (sulfide) groups is 1. The van der Waals surface area contributed by atoms with Crippen LogP contribution in [0.4, 0.5) is 0 Å². The summed E-state index contributed by atoms with van der Waals surface area (Å²) in [6.07, 6.45) is 4.27. The number of nitrogens with zero attached hydrogens (tertiary/aromatic N) is 4. The molecule has 1 amide bonds. The molecule has 7 heteroatoms. The van der Waals surface area contributed by atoms with Crippen molar-refractivity contribution in [3.8, 4) is 5.88 Å². The summed E-state index contributed by atoms with van der Waals surface area (Å²) in [6.45, 7) is 3.21. The zero-order valence-electron chi connectivity index (χ0n) is 12.9. The van der Waals surface area contributed by atoms with E-state index in [1.807, 2.05) is 36.1 Å². The number of likely N-dealkylation sites (tertiary alicyclic amines) is 1. The van der Waals surface area contributed by atoms with Gasteiger partial charge in [-0.3, -0.25) is 9.78 Å². The van der Waals surface area contributed by atoms with E-state index in [4.69, 9.17) is 4.74 Å². The van der Waals surface area contributed by atoms with Gasteiger partial charge in [0.1, 0.15) is 6.10 Å². The summed E-state index contributed by atoms with van der Waals surface area (Å²) >= 11 is 1.53. The van der Waals surface area contributed by atoms with E-state index in [0.29, 0.717) is 18.2 Å². The van der Waals surface area contributed by atoms with E-state index in [1.165, 1.54) is 11.8 Å². The Hall–Kier alpha value is -2.15. The fourth-order valence-electron chi connectivity index (χ4n) is 2.34. The van der Waals surface area contributed by atoms with Crippen LogP contribution in [0.15, 0.2) is 41.6 Å². The molecule has 0 aliphatic carbocycles. The van der Waals surface area contributed by atoms with Gasteiger partial charge in [0.15, 0.2) is 0 Å². The lowest BCUT2D eigenvalue weighted by molar-refractivity contribution is -0.127. The van der Waals surface area contributed by atoms with Crippen molar-refractivity contribution in [2.75, 3.05) is 18.8 Å². The van der Waals surface area contributed by atoms with Gasteiger partial charge in [0, 0.05) is 36.3 Å². The third-order valence-corrected chi connectivity index (χ3v) is 4.57. The van der Waals surface area contributed by atoms with Crippen LogP contribution in [-0.2, 0) is 4.79 Å². The summed E-state index contributed by atoms with van der Waals surface area (Å²) in [6, 6.07) is 7.49. The molecule has 3 heterocycles. The van der Waals surface area contributed by atoms with Crippen molar-refractivity contribution in [2.45, 2.75) is 24.3 Å². The zero-order chi connectivity index (χ0) is 16.1. The summed E-state index contributed by atoms with van der Waals surface area (Å²) in [7, 11) is 0. The van der Waals surface area contributed by atoms with E-state index in [1.54, 1.807) is 12.4 Å². The highest BCUT2D eigenvalue weighted by atomic mass is 32.2. The predicted molar refractivity (Wildman–Crippen MR) is 87.3 cm³/mol. The Kier molecular flexibility index (Phi) is 5.07. The molecular weight excluding hydrogens is 312 g/mol. The molecule has 1 aliphatic heterocycles. The van der Waals surface area contributed by atoms with E-state index in [9.17, 15) is 4.79 Å². The molecule has 2 aromatic rings. The van der Waals surface area contributed by atoms with Crippen LogP contribution in [0, 0.1) is 6.92 Å². The first-order valence-corrected chi connectivity index (χ1v) is 8.47. The number of rotatable bonds is 5. The van der Waals surface area contributed by atoms with Gasteiger partial charge >= 0.3 is 0 Å². The number of carbonyl (C=O) groups is 1. The Morgan fingerprint density at radius 1 is 1.30 bits per heavy atom. The number of ether oxygens (including phenoxy) is 1. The molecule has 1 aliphatic rings. The summed E-state index contributed by atoms with van der Waals surface area (Å²) < 4.78 is 5.79. The highest BCUT2D eigenvalue weighted by Gasteiger charge is 2.27. The van der Waals surface area contributed by atoms with E-state index in [0.717, 1.165) is 23.6 Å². The van der Waals surface area contributed by atoms with Crippen LogP contribution in [0.1, 0.15) is 12.1 Å². The van der Waals surface area contributed by atoms with E-state index in [-0.39, 0.29) is 12.0 Å². The largest absolute Gasteiger partial charge is 0.471 e. The van der Waals surface area contributed by atoms with Crippen LogP contribution in [0.2, 0.25) is 0 Å². The maximum absolute atomic E-state index is 12.3. The quantitative estimate of drug-likeness (QED) is 0.781. The molecule has 6 nitrogen and oxygen atoms in total. The highest BCUT2D eigenvalue weighted by molar-refractivity contribution is 8.00. The van der Waals surface area contributed by atoms with Gasteiger partial charge in [-0.15, -0.1) is 16.9 Å². The molecule has 1 saturated heterocycles. The maximum Gasteiger partial charge on any atom is 0.233 e. The van der Waals surface area contributed by atoms with Gasteiger partial charge in [-0.05, 0) is 25.1 Å². The van der Waals surface area contributed by atoms with Crippen molar-refractivity contribution in [2.24, 2.45) is 0 Å². The lowest BCUT2D eigenvalue weighted by Crippen LogP contribution is -2.32. The first kappa shape index (κ1) is 15.7. The molecule has 0 spiro atoms. The Labute approximate surface area is 139 Å². The van der Waals surface area contributed by atoms with Gasteiger partial charge in [-0.25, -0.2) is 0 Å². The van der Waals surface area contributed by atoms with Crippen LogP contribution in [0.3, 0.4) is 0 Å². The molecule has 2 aromatic heterocycles. The summed E-state index contributed by atoms with van der Waals surface area (Å²) in [5, 5.41) is 7.98. The fraction of sp³-hybridized carbons (Fsp3) is 0.375. The van der Waals surface area contributed by atoms with Crippen LogP contribution in [0.5, 0.6) is 5.88 Å². The average Bonchev–Trinajstić information content (AvgIpc) is 3.04. The molecule has 120 valence electrons. The van der Waals surface area contributed by atoms with Crippen molar-refractivity contribution in [3.05, 3.63) is 42.4 Å². The number of aryl methyl sites for hydroxylation is 1. The minimum absolute atomic E-state index is 0.0121. The molecule has 1 unspecified atom stereocenters. The maximum atomic E-state index is 12.3. The average molecular weight is 330 g/mol. The van der Waals surface area contributed by atoms with Crippen molar-refractivity contribution in [1.82, 2.24) is 20.1 Å². The molecule has 0 aromatic carbocycles. The second-order valence-corrected chi connectivity index (χ2v) is 6.40. The van der Waals surface area contributed by atoms with E-state index < -0.39 is 0 Å². The lowest BCUT2D eigenvalue weighted by Gasteiger charge is -2.16. The van der Waals surface area contributed by atoms with Crippen molar-refractivity contribution in [3.63, 3.8) is 0 Å². The number of pyridine rings is 1. The molecule has 3 rings (SSSR count). The molecule has 0 N–H and O–H groups in total. The van der Waals surface area contributed by atoms with Crippen LogP contribution >= 0.6 is 11.8 Å². The standard InChI is InChI=1S/C16H18N4O2S/c1-12-2-3-15(19-18-12)22-13-6-9-20(10-13)16(21)11-23-14-4-7-17-8-5-14/h2-5,7-8,13H,6,9-11H2,1H3. The number of hydrogen-bond acceptors (Lipinski definition) is 6. The number of carbonyl (C=O) groups excluding carboxylic acids is 1. The van der Waals surface area contributed by atoms with Crippen LogP contribution < -0.4 is 4.74 Å². The topological polar surface area (TPSA) is 68.2 Å². The van der Waals surface area contributed by atoms with Crippen molar-refractivity contribution < 1.29 is 9.53 Å². The molecular formula is C16H18N4O2S. The lowest BCUT2D eigenvalue weighted by atomic mass is 10.3. The molecule has 0 bridgehead atoms. The normalized spacial score (nSPS) is 17.3. The van der Waals surface area contributed by atoms with Gasteiger partial charge in [0.25, 0.3) is 0 Å². The fourth-order valence-corrected chi connectivity index (χ4v) is 3.13. The van der Waals surface area contributed by atoms with Gasteiger partial charge in [0.05, 0.1) is 18.0 Å². The van der Waals surface area contributed by atoms with Gasteiger partial charge in [-0.2, -0.15) is 5.10 Å². The molecule has 23 heavy (non-hydrogen) atoms. The second-order valence-electron chi connectivity index (χ2n) is 5.35. The third kappa shape index (κ3) is 4.41. The highest BCUT2D eigenvalue weighted by Crippen LogP contribution is 2.20. The predicted octanol–water partition coefficient (Wildman–Crippen LogP) is 1.95. The Bertz CT molecular complexity index is 651. The van der Waals surface area contributed by atoms with E-state index >= 15 is 0 Å². The monoisotopic (exact) mass is 330 g/mol. The summed E-state index contributed by atoms with van der Waals surface area (Å²) in [4.78, 5) is 19.1. The van der Waals surface area contributed by atoms with E-state index in [2.05, 4.69) is 15.2 Å². The Morgan fingerprint density at radius 2 is 2.13 bits per heavy atom. The SMILES string of the molecule is Cc1ccc(OC2CCN(C(=O)CSc3ccncc3)C2)nn1. The summed E-state index contributed by atoms with van der Waals surface area (Å²) in [5.41, 5.74) is 0.855. The Morgan fingerprint density at radius 3 is 2.87 bits per heavy atom. The number of hydrogen-bond donors (Lipinski definition) is 0. The third-order valence-electron chi connectivity index (χ3n) is 3.57. The number of aromatic nitrogens is 3. The molecule has 1 fully saturated rings. The molecule has 0 saturated carbocycles. The number of amides is 1. The second kappa shape index (κ2) is 7.41. The zero-order valence-corrected chi connectivity index (χ0v) is 13.7. The van der Waals surface area contributed by atoms with Gasteiger partial charge < -0.3 is 9.64 Å². The molecule has 1 atom stereocenters. The first-order chi connectivity index (χ1) is 11.2. The minimum Gasteiger partial charge on any atom is -0.471 e. The Balaban J connectivity index is 1.47. The van der Waals surface area contributed by atoms with Crippen LogP contribution in [0.25, 0.3) is 0 Å². The first-order valence-electron chi connectivity index (χ1n) is 7.48. The summed E-state index contributed by atoms with van der Waals surface area (Å²) in [5.74, 6) is 1.08. The van der Waals surface area contributed by atoms with Crippen molar-refractivity contribution in [1.29, 1.82) is 0 Å². The smallest absolute Gasteiger partial charge is 0.233 e. The van der Waals surface area contributed by atoms with Gasteiger partial charge in [0.2, 0.25) is 11.8 Å². The molecule has 0 radical (unpaired) electrons. The van der Waals surface area contributed by atoms with Gasteiger partial charge in [-0.1, -0.05) is 0 Å². The minimum atomic E-state index is -0.0121. The van der Waals surface area contributed by atoms with Crippen molar-refractivity contribution >= 4 is 17.7 Å².